The van der Waals surface area contributed by atoms with Crippen molar-refractivity contribution in [3.8, 4) is 0 Å². The molecule has 1 atom stereocenters. The van der Waals surface area contributed by atoms with E-state index in [4.69, 9.17) is 5.90 Å². The van der Waals surface area contributed by atoms with Gasteiger partial charge in [0, 0.05) is 18.7 Å². The van der Waals surface area contributed by atoms with Crippen LogP contribution in [0.15, 0.2) is 12.2 Å². The second-order valence-electron chi connectivity index (χ2n) is 7.12. The second-order valence-corrected chi connectivity index (χ2v) is 7.12. The third kappa shape index (κ3) is 3.80. The monoisotopic (exact) mass is 366 g/mol. The van der Waals surface area contributed by atoms with Crippen LogP contribution in [0.25, 0.3) is 0 Å². The maximum atomic E-state index is 12.3. The molecule has 144 valence electrons. The molecule has 1 fully saturated rings. The van der Waals surface area contributed by atoms with Gasteiger partial charge in [0.05, 0.1) is 0 Å². The van der Waals surface area contributed by atoms with Crippen molar-refractivity contribution in [2.45, 2.75) is 51.9 Å². The summed E-state index contributed by atoms with van der Waals surface area (Å²) in [7, 11) is 0. The Morgan fingerprint density at radius 1 is 1.23 bits per heavy atom. The van der Waals surface area contributed by atoms with Crippen molar-refractivity contribution in [1.29, 1.82) is 0 Å². The first kappa shape index (κ1) is 20.1. The molecule has 0 bridgehead atoms. The molecule has 1 unspecified atom stereocenters. The van der Waals surface area contributed by atoms with Crippen LogP contribution >= 0.6 is 0 Å². The molecule has 0 radical (unpaired) electrons. The highest BCUT2D eigenvalue weighted by Crippen LogP contribution is 2.45. The molecule has 1 aliphatic heterocycles. The van der Waals surface area contributed by atoms with E-state index in [0.717, 1.165) is 6.42 Å². The van der Waals surface area contributed by atoms with Crippen molar-refractivity contribution >= 4 is 23.8 Å². The van der Waals surface area contributed by atoms with Gasteiger partial charge >= 0.3 is 11.9 Å². The highest BCUT2D eigenvalue weighted by atomic mass is 16.7. The number of carboxylic acid groups (broad SMARTS) is 1. The fraction of sp³-hybridized carbons (Fsp3) is 0.667. The zero-order valence-electron chi connectivity index (χ0n) is 15.0. The third-order valence-corrected chi connectivity index (χ3v) is 5.66. The number of amides is 2. The third-order valence-electron chi connectivity index (χ3n) is 5.66. The summed E-state index contributed by atoms with van der Waals surface area (Å²) in [4.78, 5) is 53.2. The molecule has 2 aliphatic rings. The van der Waals surface area contributed by atoms with Crippen LogP contribution in [-0.4, -0.2) is 40.3 Å². The van der Waals surface area contributed by atoms with Crippen molar-refractivity contribution in [3.05, 3.63) is 12.2 Å². The summed E-state index contributed by atoms with van der Waals surface area (Å²) in [6, 6.07) is 0. The molecule has 1 heterocycles. The Morgan fingerprint density at radius 2 is 1.81 bits per heavy atom. The number of carbonyl (C=O) groups excluding carboxylic acids is 3. The van der Waals surface area contributed by atoms with E-state index in [9.17, 15) is 24.3 Å². The van der Waals surface area contributed by atoms with Crippen molar-refractivity contribution in [1.82, 2.24) is 4.90 Å². The number of rotatable bonds is 8. The Labute approximate surface area is 152 Å². The molecule has 8 heteroatoms. The smallest absolute Gasteiger partial charge is 0.342 e. The average molecular weight is 366 g/mol. The molecule has 0 aromatic carbocycles. The van der Waals surface area contributed by atoms with Gasteiger partial charge in [-0.05, 0) is 43.9 Å². The molecule has 0 spiro atoms. The van der Waals surface area contributed by atoms with Gasteiger partial charge in [-0.1, -0.05) is 19.8 Å². The number of nitrogens with two attached hydrogens (primary N) is 1. The van der Waals surface area contributed by atoms with Crippen molar-refractivity contribution < 1.29 is 29.1 Å². The Balaban J connectivity index is 2.06. The summed E-state index contributed by atoms with van der Waals surface area (Å²) in [6.45, 7) is 2.25. The number of carboxylic acids is 1. The molecule has 3 N–H and O–H groups in total. The van der Waals surface area contributed by atoms with E-state index in [1.807, 2.05) is 6.92 Å². The highest BCUT2D eigenvalue weighted by Gasteiger charge is 2.54. The van der Waals surface area contributed by atoms with Crippen molar-refractivity contribution in [2.24, 2.45) is 23.1 Å². The van der Waals surface area contributed by atoms with Crippen LogP contribution in [0.1, 0.15) is 51.9 Å². The molecule has 1 aliphatic carbocycles. The normalized spacial score (nSPS) is 25.2. The summed E-state index contributed by atoms with van der Waals surface area (Å²) in [5, 5.41) is 9.81. The molecule has 2 amide bonds. The van der Waals surface area contributed by atoms with Gasteiger partial charge in [-0.3, -0.25) is 19.3 Å². The van der Waals surface area contributed by atoms with Crippen LogP contribution in [0.4, 0.5) is 0 Å². The van der Waals surface area contributed by atoms with Crippen LogP contribution < -0.4 is 5.90 Å². The van der Waals surface area contributed by atoms with E-state index in [0.29, 0.717) is 38.6 Å². The number of unbranched alkanes of at least 4 members (excludes halogenated alkanes) is 1. The summed E-state index contributed by atoms with van der Waals surface area (Å²) in [5.74, 6) is 2.05. The van der Waals surface area contributed by atoms with Crippen LogP contribution in [0, 0.1) is 17.3 Å². The number of hydrogen-bond donors (Lipinski definition) is 2. The largest absolute Gasteiger partial charge is 0.480 e. The number of aliphatic carboxylic acids is 1. The van der Waals surface area contributed by atoms with Gasteiger partial charge in [0.1, 0.15) is 0 Å². The standard InChI is InChI=1S/C18H26N2O6/c1-2-3-10-18(16(23)24,17(25)26-19)13-6-4-12(5-7-13)11-20-14(21)8-9-15(20)22/h8-9,12-13H,2-7,10-11,19H2,1H3,(H,23,24). The predicted molar refractivity (Wildman–Crippen MR) is 91.2 cm³/mol. The molecule has 0 aromatic rings. The van der Waals surface area contributed by atoms with Crippen LogP contribution in [0.5, 0.6) is 0 Å². The lowest BCUT2D eigenvalue weighted by molar-refractivity contribution is -0.176. The number of nitrogens with zero attached hydrogens (tertiary/aromatic N) is 1. The SMILES string of the molecule is CCCCC(C(=O)O)(C(=O)ON)C1CCC(CN2C(=O)C=CC2=O)CC1. The lowest BCUT2D eigenvalue weighted by Gasteiger charge is -2.39. The lowest BCUT2D eigenvalue weighted by Crippen LogP contribution is -2.49. The van der Waals surface area contributed by atoms with Gasteiger partial charge in [0.15, 0.2) is 5.41 Å². The molecule has 26 heavy (non-hydrogen) atoms. The zero-order valence-corrected chi connectivity index (χ0v) is 15.0. The van der Waals surface area contributed by atoms with E-state index in [2.05, 4.69) is 4.84 Å². The summed E-state index contributed by atoms with van der Waals surface area (Å²) >= 11 is 0. The highest BCUT2D eigenvalue weighted by molar-refractivity contribution is 6.12. The van der Waals surface area contributed by atoms with E-state index in [1.54, 1.807) is 0 Å². The van der Waals surface area contributed by atoms with E-state index >= 15 is 0 Å². The van der Waals surface area contributed by atoms with E-state index < -0.39 is 17.4 Å². The van der Waals surface area contributed by atoms with E-state index in [-0.39, 0.29) is 30.1 Å². The summed E-state index contributed by atoms with van der Waals surface area (Å²) in [5.41, 5.74) is -1.63. The Kier molecular flexibility index (Phi) is 6.52. The van der Waals surface area contributed by atoms with Gasteiger partial charge in [0.2, 0.25) is 0 Å². The average Bonchev–Trinajstić information content (AvgIpc) is 2.94. The Morgan fingerprint density at radius 3 is 2.27 bits per heavy atom. The maximum absolute atomic E-state index is 12.3. The van der Waals surface area contributed by atoms with Crippen molar-refractivity contribution in [3.63, 3.8) is 0 Å². The fourth-order valence-corrected chi connectivity index (χ4v) is 4.11. The molecular formula is C18H26N2O6. The summed E-state index contributed by atoms with van der Waals surface area (Å²) < 4.78 is 0. The van der Waals surface area contributed by atoms with Gasteiger partial charge in [-0.15, -0.1) is 0 Å². The molecule has 1 saturated carbocycles. The van der Waals surface area contributed by atoms with Crippen LogP contribution in [-0.2, 0) is 24.0 Å². The van der Waals surface area contributed by atoms with Crippen LogP contribution in [0.2, 0.25) is 0 Å². The Bertz CT molecular complexity index is 591. The fourth-order valence-electron chi connectivity index (χ4n) is 4.11. The maximum Gasteiger partial charge on any atom is 0.342 e. The van der Waals surface area contributed by atoms with Gasteiger partial charge in [-0.25, -0.2) is 4.79 Å². The first-order valence-electron chi connectivity index (χ1n) is 9.04. The molecular weight excluding hydrogens is 340 g/mol. The predicted octanol–water partition coefficient (Wildman–Crippen LogP) is 1.40. The zero-order chi connectivity index (χ0) is 19.3. The Hall–Kier alpha value is -2.22. The number of hydrogen-bond acceptors (Lipinski definition) is 6. The van der Waals surface area contributed by atoms with E-state index in [1.165, 1.54) is 17.1 Å². The minimum atomic E-state index is -1.63. The summed E-state index contributed by atoms with van der Waals surface area (Å²) in [6.07, 6.45) is 6.35. The molecule has 2 rings (SSSR count). The van der Waals surface area contributed by atoms with Gasteiger partial charge in [0.25, 0.3) is 11.8 Å². The molecule has 8 nitrogen and oxygen atoms in total. The van der Waals surface area contributed by atoms with Crippen LogP contribution in [0.3, 0.4) is 0 Å². The minimum Gasteiger partial charge on any atom is -0.480 e. The van der Waals surface area contributed by atoms with Gasteiger partial charge < -0.3 is 9.94 Å². The molecule has 0 saturated heterocycles. The van der Waals surface area contributed by atoms with Gasteiger partial charge in [-0.2, -0.15) is 5.90 Å². The second kappa shape index (κ2) is 8.44. The van der Waals surface area contributed by atoms with Crippen molar-refractivity contribution in [2.75, 3.05) is 6.54 Å². The first-order chi connectivity index (χ1) is 12.4. The lowest BCUT2D eigenvalue weighted by atomic mass is 9.64. The first-order valence-corrected chi connectivity index (χ1v) is 9.04. The molecule has 0 aromatic heterocycles. The topological polar surface area (TPSA) is 127 Å². The minimum absolute atomic E-state index is 0.102. The number of imide groups is 1. The number of carbonyl (C=O) groups is 4. The quantitative estimate of drug-likeness (QED) is 0.377.